The van der Waals surface area contributed by atoms with Crippen molar-refractivity contribution in [3.63, 3.8) is 0 Å². The first-order chi connectivity index (χ1) is 10.1. The van der Waals surface area contributed by atoms with Gasteiger partial charge in [0.05, 0.1) is 11.4 Å². The van der Waals surface area contributed by atoms with Gasteiger partial charge in [-0.3, -0.25) is 4.79 Å². The van der Waals surface area contributed by atoms with E-state index in [4.69, 9.17) is 17.3 Å². The summed E-state index contributed by atoms with van der Waals surface area (Å²) in [5.41, 5.74) is 6.87. The van der Waals surface area contributed by atoms with Crippen LogP contribution in [-0.4, -0.2) is 42.2 Å². The molecule has 1 aromatic carbocycles. The Kier molecular flexibility index (Phi) is 5.85. The second kappa shape index (κ2) is 7.64. The minimum atomic E-state index is -0.0601. The standard InChI is InChI=1S/C15H22ClN3O2/c16-12-3-4-14(13(17)8-12)18-15(21)5-7-19-6-1-2-11(9-19)10-20/h3-4,8,11,20H,1-2,5-7,9-10,17H2,(H,18,21). The Morgan fingerprint density at radius 3 is 3.05 bits per heavy atom. The number of amides is 1. The van der Waals surface area contributed by atoms with E-state index < -0.39 is 0 Å². The number of aliphatic hydroxyl groups is 1. The van der Waals surface area contributed by atoms with Crippen LogP contribution in [0, 0.1) is 5.92 Å². The van der Waals surface area contributed by atoms with Crippen LogP contribution in [0.25, 0.3) is 0 Å². The fraction of sp³-hybridized carbons (Fsp3) is 0.533. The number of hydrogen-bond acceptors (Lipinski definition) is 4. The Hall–Kier alpha value is -1.30. The van der Waals surface area contributed by atoms with Crippen molar-refractivity contribution in [1.29, 1.82) is 0 Å². The fourth-order valence-electron chi connectivity index (χ4n) is 2.62. The molecule has 0 bridgehead atoms. The highest BCUT2D eigenvalue weighted by molar-refractivity contribution is 6.31. The van der Waals surface area contributed by atoms with E-state index in [1.807, 2.05) is 0 Å². The molecule has 0 spiro atoms. The van der Waals surface area contributed by atoms with E-state index in [0.29, 0.717) is 35.3 Å². The zero-order valence-electron chi connectivity index (χ0n) is 12.0. The molecule has 0 aliphatic carbocycles. The molecule has 1 aliphatic rings. The first kappa shape index (κ1) is 16.1. The number of hydrogen-bond donors (Lipinski definition) is 3. The Morgan fingerprint density at radius 2 is 2.33 bits per heavy atom. The molecule has 0 radical (unpaired) electrons. The van der Waals surface area contributed by atoms with E-state index >= 15 is 0 Å². The summed E-state index contributed by atoms with van der Waals surface area (Å²) in [6.07, 6.45) is 2.57. The highest BCUT2D eigenvalue weighted by Gasteiger charge is 2.19. The van der Waals surface area contributed by atoms with E-state index in [2.05, 4.69) is 10.2 Å². The van der Waals surface area contributed by atoms with Gasteiger partial charge in [-0.25, -0.2) is 0 Å². The number of benzene rings is 1. The van der Waals surface area contributed by atoms with Crippen molar-refractivity contribution in [2.45, 2.75) is 19.3 Å². The summed E-state index contributed by atoms with van der Waals surface area (Å²) in [5, 5.41) is 12.6. The van der Waals surface area contributed by atoms with Crippen molar-refractivity contribution < 1.29 is 9.90 Å². The van der Waals surface area contributed by atoms with Crippen molar-refractivity contribution >= 4 is 28.9 Å². The molecule has 0 saturated carbocycles. The summed E-state index contributed by atoms with van der Waals surface area (Å²) in [7, 11) is 0. The van der Waals surface area contributed by atoms with Crippen LogP contribution in [0.15, 0.2) is 18.2 Å². The third-order valence-electron chi connectivity index (χ3n) is 3.80. The van der Waals surface area contributed by atoms with Gasteiger partial charge in [0, 0.05) is 31.1 Å². The Balaban J connectivity index is 1.79. The van der Waals surface area contributed by atoms with Gasteiger partial charge in [-0.2, -0.15) is 0 Å². The predicted octanol–water partition coefficient (Wildman–Crippen LogP) is 1.96. The number of likely N-dealkylation sites (tertiary alicyclic amines) is 1. The third-order valence-corrected chi connectivity index (χ3v) is 4.04. The number of piperidine rings is 1. The predicted molar refractivity (Wildman–Crippen MR) is 85.4 cm³/mol. The molecule has 5 nitrogen and oxygen atoms in total. The van der Waals surface area contributed by atoms with Crippen LogP contribution in [0.3, 0.4) is 0 Å². The van der Waals surface area contributed by atoms with E-state index in [9.17, 15) is 9.90 Å². The molecule has 6 heteroatoms. The van der Waals surface area contributed by atoms with Crippen LogP contribution in [0.5, 0.6) is 0 Å². The molecule has 1 saturated heterocycles. The summed E-state index contributed by atoms with van der Waals surface area (Å²) in [4.78, 5) is 14.2. The van der Waals surface area contributed by atoms with Gasteiger partial charge < -0.3 is 21.1 Å². The first-order valence-corrected chi connectivity index (χ1v) is 7.64. The molecule has 2 rings (SSSR count). The molecule has 1 heterocycles. The quantitative estimate of drug-likeness (QED) is 0.726. The number of aliphatic hydroxyl groups excluding tert-OH is 1. The van der Waals surface area contributed by atoms with Crippen molar-refractivity contribution in [3.05, 3.63) is 23.2 Å². The maximum absolute atomic E-state index is 12.0. The number of carbonyl (C=O) groups excluding carboxylic acids is 1. The minimum absolute atomic E-state index is 0.0601. The van der Waals surface area contributed by atoms with Crippen LogP contribution in [0.2, 0.25) is 5.02 Å². The zero-order chi connectivity index (χ0) is 15.2. The highest BCUT2D eigenvalue weighted by Crippen LogP contribution is 2.23. The van der Waals surface area contributed by atoms with Crippen molar-refractivity contribution in [1.82, 2.24) is 4.90 Å². The van der Waals surface area contributed by atoms with E-state index in [-0.39, 0.29) is 12.5 Å². The van der Waals surface area contributed by atoms with Crippen LogP contribution in [-0.2, 0) is 4.79 Å². The molecule has 1 fully saturated rings. The summed E-state index contributed by atoms with van der Waals surface area (Å²) in [5.74, 6) is 0.281. The molecular formula is C15H22ClN3O2. The minimum Gasteiger partial charge on any atom is -0.397 e. The summed E-state index contributed by atoms with van der Waals surface area (Å²) < 4.78 is 0. The smallest absolute Gasteiger partial charge is 0.225 e. The van der Waals surface area contributed by atoms with Gasteiger partial charge in [0.1, 0.15) is 0 Å². The second-order valence-electron chi connectivity index (χ2n) is 5.52. The van der Waals surface area contributed by atoms with Gasteiger partial charge >= 0.3 is 0 Å². The molecule has 1 aromatic rings. The van der Waals surface area contributed by atoms with Gasteiger partial charge in [-0.05, 0) is 43.5 Å². The lowest BCUT2D eigenvalue weighted by atomic mass is 9.99. The monoisotopic (exact) mass is 311 g/mol. The zero-order valence-corrected chi connectivity index (χ0v) is 12.8. The Morgan fingerprint density at radius 1 is 1.52 bits per heavy atom. The number of halogens is 1. The molecule has 4 N–H and O–H groups in total. The average molecular weight is 312 g/mol. The van der Waals surface area contributed by atoms with Gasteiger partial charge in [0.2, 0.25) is 5.91 Å². The van der Waals surface area contributed by atoms with E-state index in [1.165, 1.54) is 0 Å². The van der Waals surface area contributed by atoms with Gasteiger partial charge in [0.25, 0.3) is 0 Å². The number of anilines is 2. The van der Waals surface area contributed by atoms with Crippen LogP contribution >= 0.6 is 11.6 Å². The lowest BCUT2D eigenvalue weighted by Gasteiger charge is -2.31. The van der Waals surface area contributed by atoms with Crippen molar-refractivity contribution in [2.24, 2.45) is 5.92 Å². The number of carbonyl (C=O) groups is 1. The molecule has 1 amide bonds. The van der Waals surface area contributed by atoms with Crippen LogP contribution < -0.4 is 11.1 Å². The molecule has 0 aromatic heterocycles. The normalized spacial score (nSPS) is 19.4. The Bertz CT molecular complexity index is 496. The van der Waals surface area contributed by atoms with E-state index in [1.54, 1.807) is 18.2 Å². The molecule has 1 aliphatic heterocycles. The summed E-state index contributed by atoms with van der Waals surface area (Å²) >= 11 is 5.82. The molecule has 21 heavy (non-hydrogen) atoms. The third kappa shape index (κ3) is 4.88. The SMILES string of the molecule is Nc1cc(Cl)ccc1NC(=O)CCN1CCCC(CO)C1. The average Bonchev–Trinajstić information content (AvgIpc) is 2.48. The van der Waals surface area contributed by atoms with Gasteiger partial charge in [-0.15, -0.1) is 0 Å². The maximum atomic E-state index is 12.0. The van der Waals surface area contributed by atoms with Crippen molar-refractivity contribution in [2.75, 3.05) is 37.3 Å². The van der Waals surface area contributed by atoms with Crippen LogP contribution in [0.1, 0.15) is 19.3 Å². The lowest BCUT2D eigenvalue weighted by Crippen LogP contribution is -2.38. The van der Waals surface area contributed by atoms with Crippen LogP contribution in [0.4, 0.5) is 11.4 Å². The second-order valence-corrected chi connectivity index (χ2v) is 5.96. The first-order valence-electron chi connectivity index (χ1n) is 7.26. The van der Waals surface area contributed by atoms with Gasteiger partial charge in [-0.1, -0.05) is 11.6 Å². The summed E-state index contributed by atoms with van der Waals surface area (Å²) in [6.45, 7) is 2.79. The van der Waals surface area contributed by atoms with Crippen molar-refractivity contribution in [3.8, 4) is 0 Å². The topological polar surface area (TPSA) is 78.6 Å². The molecule has 116 valence electrons. The number of nitrogens with two attached hydrogens (primary N) is 1. The fourth-order valence-corrected chi connectivity index (χ4v) is 2.80. The largest absolute Gasteiger partial charge is 0.397 e. The number of nitrogens with zero attached hydrogens (tertiary/aromatic N) is 1. The lowest BCUT2D eigenvalue weighted by molar-refractivity contribution is -0.116. The van der Waals surface area contributed by atoms with E-state index in [0.717, 1.165) is 25.9 Å². The molecular weight excluding hydrogens is 290 g/mol. The Labute approximate surface area is 130 Å². The number of rotatable bonds is 5. The summed E-state index contributed by atoms with van der Waals surface area (Å²) in [6, 6.07) is 5.02. The number of nitrogens with one attached hydrogen (secondary N) is 1. The van der Waals surface area contributed by atoms with Gasteiger partial charge in [0.15, 0.2) is 0 Å². The highest BCUT2D eigenvalue weighted by atomic mass is 35.5. The maximum Gasteiger partial charge on any atom is 0.225 e. The molecule has 1 unspecified atom stereocenters. The molecule has 1 atom stereocenters. The number of nitrogen functional groups attached to an aromatic ring is 1.